The first-order chi connectivity index (χ1) is 12.6. The summed E-state index contributed by atoms with van der Waals surface area (Å²) in [6.07, 6.45) is 0.0474. The topological polar surface area (TPSA) is 86.2 Å². The Morgan fingerprint density at radius 2 is 2.00 bits per heavy atom. The lowest BCUT2D eigenvalue weighted by atomic mass is 9.88. The molecule has 1 amide bonds. The molecule has 1 aliphatic heterocycles. The average molecular weight is 376 g/mol. The lowest BCUT2D eigenvalue weighted by Gasteiger charge is -2.25. The van der Waals surface area contributed by atoms with Crippen molar-refractivity contribution in [1.82, 2.24) is 5.32 Å². The first-order valence-electron chi connectivity index (χ1n) is 9.08. The lowest BCUT2D eigenvalue weighted by Crippen LogP contribution is -2.44. The molecule has 1 unspecified atom stereocenters. The Hall–Kier alpha value is -2.57. The van der Waals surface area contributed by atoms with Crippen LogP contribution in [0.1, 0.15) is 45.2 Å². The minimum absolute atomic E-state index is 0.143. The van der Waals surface area contributed by atoms with Crippen molar-refractivity contribution >= 4 is 17.8 Å². The quantitative estimate of drug-likeness (QED) is 0.771. The van der Waals surface area contributed by atoms with Crippen LogP contribution in [-0.2, 0) is 25.5 Å². The predicted octanol–water partition coefficient (Wildman–Crippen LogP) is 3.14. The zero-order valence-electron chi connectivity index (χ0n) is 16.6. The van der Waals surface area contributed by atoms with Crippen molar-refractivity contribution in [3.63, 3.8) is 0 Å². The fraction of sp³-hybridized carbons (Fsp3) is 0.550. The highest BCUT2D eigenvalue weighted by Crippen LogP contribution is 2.31. The van der Waals surface area contributed by atoms with Gasteiger partial charge in [-0.3, -0.25) is 0 Å². The van der Waals surface area contributed by atoms with Gasteiger partial charge in [0.15, 0.2) is 0 Å². The first-order valence-corrected chi connectivity index (χ1v) is 9.08. The number of amides is 1. The van der Waals surface area contributed by atoms with Gasteiger partial charge in [0, 0.05) is 12.8 Å². The summed E-state index contributed by atoms with van der Waals surface area (Å²) in [7, 11) is 0. The molecule has 0 fully saturated rings. The molecule has 148 valence electrons. The standard InChI is InChI=1S/C20H28N2O5/c1-6-25-17(23)20(11-15-10-8-7-9-14(15)2)12-16(22-27-20)13-21-18(24)26-19(3,4)5/h7-10H,6,11-13H2,1-5H3,(H,21,24). The number of carbonyl (C=O) groups excluding carboxylic acids is 2. The third kappa shape index (κ3) is 5.70. The number of rotatable bonds is 6. The van der Waals surface area contributed by atoms with Gasteiger partial charge in [0.1, 0.15) is 5.60 Å². The zero-order chi connectivity index (χ0) is 20.1. The molecule has 27 heavy (non-hydrogen) atoms. The number of esters is 1. The van der Waals surface area contributed by atoms with Gasteiger partial charge < -0.3 is 19.6 Å². The van der Waals surface area contributed by atoms with Crippen LogP contribution in [0.2, 0.25) is 0 Å². The summed E-state index contributed by atoms with van der Waals surface area (Å²) in [5.41, 5.74) is 0.805. The van der Waals surface area contributed by atoms with Crippen LogP contribution in [0.25, 0.3) is 0 Å². The van der Waals surface area contributed by atoms with E-state index in [1.165, 1.54) is 0 Å². The smallest absolute Gasteiger partial charge is 0.407 e. The normalized spacial score (nSPS) is 19.1. The molecule has 7 nitrogen and oxygen atoms in total. The van der Waals surface area contributed by atoms with Crippen LogP contribution in [0, 0.1) is 6.92 Å². The first kappa shape index (κ1) is 20.7. The molecule has 0 aromatic heterocycles. The SMILES string of the molecule is CCOC(=O)C1(Cc2ccccc2C)CC(CNC(=O)OC(C)(C)C)=NO1. The monoisotopic (exact) mass is 376 g/mol. The minimum atomic E-state index is -1.22. The van der Waals surface area contributed by atoms with Gasteiger partial charge in [-0.05, 0) is 45.7 Å². The molecule has 0 bridgehead atoms. The van der Waals surface area contributed by atoms with E-state index in [9.17, 15) is 9.59 Å². The van der Waals surface area contributed by atoms with Gasteiger partial charge in [0.05, 0.1) is 18.9 Å². The van der Waals surface area contributed by atoms with E-state index in [4.69, 9.17) is 14.3 Å². The Bertz CT molecular complexity index is 723. The number of hydrogen-bond acceptors (Lipinski definition) is 6. The van der Waals surface area contributed by atoms with E-state index in [1.807, 2.05) is 31.2 Å². The van der Waals surface area contributed by atoms with E-state index in [0.717, 1.165) is 11.1 Å². The Morgan fingerprint density at radius 1 is 1.30 bits per heavy atom. The van der Waals surface area contributed by atoms with Crippen molar-refractivity contribution in [3.05, 3.63) is 35.4 Å². The van der Waals surface area contributed by atoms with E-state index in [1.54, 1.807) is 27.7 Å². The molecule has 1 atom stereocenters. The molecule has 0 saturated carbocycles. The minimum Gasteiger partial charge on any atom is -0.463 e. The fourth-order valence-electron chi connectivity index (χ4n) is 2.78. The highest BCUT2D eigenvalue weighted by atomic mass is 16.7. The number of carbonyl (C=O) groups is 2. The number of nitrogens with one attached hydrogen (secondary N) is 1. The summed E-state index contributed by atoms with van der Waals surface area (Å²) in [6.45, 7) is 9.49. The molecule has 1 aromatic rings. The number of nitrogens with zero attached hydrogens (tertiary/aromatic N) is 1. The highest BCUT2D eigenvalue weighted by molar-refractivity contribution is 5.96. The fourth-order valence-corrected chi connectivity index (χ4v) is 2.78. The average Bonchev–Trinajstić information content (AvgIpc) is 2.98. The van der Waals surface area contributed by atoms with Gasteiger partial charge in [-0.15, -0.1) is 0 Å². The Morgan fingerprint density at radius 3 is 2.63 bits per heavy atom. The largest absolute Gasteiger partial charge is 0.463 e. The molecule has 7 heteroatoms. The van der Waals surface area contributed by atoms with Crippen molar-refractivity contribution in [2.24, 2.45) is 5.16 Å². The van der Waals surface area contributed by atoms with Gasteiger partial charge in [-0.25, -0.2) is 9.59 Å². The predicted molar refractivity (Wildman–Crippen MR) is 102 cm³/mol. The molecule has 2 rings (SSSR count). The van der Waals surface area contributed by atoms with E-state index >= 15 is 0 Å². The van der Waals surface area contributed by atoms with Gasteiger partial charge in [0.25, 0.3) is 0 Å². The molecule has 1 N–H and O–H groups in total. The van der Waals surface area contributed by atoms with E-state index in [-0.39, 0.29) is 19.6 Å². The zero-order valence-corrected chi connectivity index (χ0v) is 16.6. The van der Waals surface area contributed by atoms with Crippen molar-refractivity contribution in [2.45, 2.75) is 58.7 Å². The van der Waals surface area contributed by atoms with Crippen molar-refractivity contribution in [1.29, 1.82) is 0 Å². The van der Waals surface area contributed by atoms with Crippen LogP contribution in [0.4, 0.5) is 4.79 Å². The maximum absolute atomic E-state index is 12.6. The van der Waals surface area contributed by atoms with E-state index < -0.39 is 23.3 Å². The maximum Gasteiger partial charge on any atom is 0.407 e. The van der Waals surface area contributed by atoms with Crippen LogP contribution in [0.3, 0.4) is 0 Å². The molecule has 0 saturated heterocycles. The van der Waals surface area contributed by atoms with Gasteiger partial charge in [-0.2, -0.15) is 0 Å². The van der Waals surface area contributed by atoms with Crippen LogP contribution in [-0.4, -0.2) is 42.1 Å². The van der Waals surface area contributed by atoms with Gasteiger partial charge >= 0.3 is 12.1 Å². The summed E-state index contributed by atoms with van der Waals surface area (Å²) >= 11 is 0. The summed E-state index contributed by atoms with van der Waals surface area (Å²) in [5.74, 6) is -0.454. The molecule has 0 spiro atoms. The van der Waals surface area contributed by atoms with E-state index in [0.29, 0.717) is 12.1 Å². The van der Waals surface area contributed by atoms with Crippen LogP contribution in [0.5, 0.6) is 0 Å². The number of alkyl carbamates (subject to hydrolysis) is 1. The molecule has 1 heterocycles. The summed E-state index contributed by atoms with van der Waals surface area (Å²) in [5, 5.41) is 6.67. The third-order valence-corrected chi connectivity index (χ3v) is 4.06. The summed E-state index contributed by atoms with van der Waals surface area (Å²) in [4.78, 5) is 30.0. The molecule has 0 radical (unpaired) electrons. The molecule has 1 aliphatic rings. The number of aryl methyl sites for hydroxylation is 1. The second kappa shape index (κ2) is 8.41. The molecule has 0 aliphatic carbocycles. The van der Waals surface area contributed by atoms with E-state index in [2.05, 4.69) is 10.5 Å². The van der Waals surface area contributed by atoms with Gasteiger partial charge in [-0.1, -0.05) is 29.4 Å². The summed E-state index contributed by atoms with van der Waals surface area (Å²) < 4.78 is 10.4. The Labute approximate surface area is 160 Å². The van der Waals surface area contributed by atoms with Crippen molar-refractivity contribution < 1.29 is 23.9 Å². The molecular formula is C20H28N2O5. The van der Waals surface area contributed by atoms with Crippen molar-refractivity contribution in [3.8, 4) is 0 Å². The number of ether oxygens (including phenoxy) is 2. The lowest BCUT2D eigenvalue weighted by molar-refractivity contribution is -0.168. The van der Waals surface area contributed by atoms with Crippen LogP contribution in [0.15, 0.2) is 29.4 Å². The molecular weight excluding hydrogens is 348 g/mol. The molecule has 1 aromatic carbocycles. The second-order valence-corrected chi connectivity index (χ2v) is 7.60. The Balaban J connectivity index is 2.06. The maximum atomic E-state index is 12.6. The van der Waals surface area contributed by atoms with Crippen LogP contribution < -0.4 is 5.32 Å². The van der Waals surface area contributed by atoms with Gasteiger partial charge in [0.2, 0.25) is 5.60 Å². The number of oxime groups is 1. The van der Waals surface area contributed by atoms with Crippen LogP contribution >= 0.6 is 0 Å². The van der Waals surface area contributed by atoms with Crippen molar-refractivity contribution in [2.75, 3.05) is 13.2 Å². The summed E-state index contributed by atoms with van der Waals surface area (Å²) in [6, 6.07) is 7.80. The second-order valence-electron chi connectivity index (χ2n) is 7.60. The number of benzene rings is 1. The highest BCUT2D eigenvalue weighted by Gasteiger charge is 2.48. The number of hydrogen-bond donors (Lipinski definition) is 1. The third-order valence-electron chi connectivity index (χ3n) is 4.06. The Kier molecular flexibility index (Phi) is 6.46.